The van der Waals surface area contributed by atoms with Crippen LogP contribution in [-0.4, -0.2) is 59.6 Å². The molecule has 2 fully saturated rings. The van der Waals surface area contributed by atoms with Gasteiger partial charge in [0.05, 0.1) is 6.04 Å². The van der Waals surface area contributed by atoms with Crippen LogP contribution in [0, 0.1) is 0 Å². The summed E-state index contributed by atoms with van der Waals surface area (Å²) in [6.45, 7) is 1.97. The highest BCUT2D eigenvalue weighted by Gasteiger charge is 2.38. The van der Waals surface area contributed by atoms with Crippen molar-refractivity contribution in [2.24, 2.45) is 0 Å². The van der Waals surface area contributed by atoms with Crippen molar-refractivity contribution in [3.63, 3.8) is 0 Å². The van der Waals surface area contributed by atoms with Gasteiger partial charge in [0, 0.05) is 32.8 Å². The number of carbonyl (C=O) groups is 1. The molecule has 1 aliphatic carbocycles. The van der Waals surface area contributed by atoms with Crippen LogP contribution in [0.2, 0.25) is 0 Å². The number of rotatable bonds is 5. The Kier molecular flexibility index (Phi) is 3.82. The van der Waals surface area contributed by atoms with Gasteiger partial charge in [-0.2, -0.15) is 0 Å². The van der Waals surface area contributed by atoms with Crippen LogP contribution in [-0.2, 0) is 4.79 Å². The van der Waals surface area contributed by atoms with Gasteiger partial charge in [-0.3, -0.25) is 9.69 Å². The average molecular weight is 226 g/mol. The summed E-state index contributed by atoms with van der Waals surface area (Å²) in [6.07, 6.45) is 5.47. The molecule has 4 heteroatoms. The van der Waals surface area contributed by atoms with Gasteiger partial charge < -0.3 is 10.0 Å². The Morgan fingerprint density at radius 1 is 1.44 bits per heavy atom. The molecule has 92 valence electrons. The molecule has 0 aromatic rings. The third-order valence-electron chi connectivity index (χ3n) is 3.92. The minimum Gasteiger partial charge on any atom is -0.396 e. The highest BCUT2D eigenvalue weighted by molar-refractivity contribution is 5.83. The van der Waals surface area contributed by atoms with Gasteiger partial charge in [0.25, 0.3) is 0 Å². The van der Waals surface area contributed by atoms with Gasteiger partial charge in [-0.15, -0.1) is 0 Å². The summed E-state index contributed by atoms with van der Waals surface area (Å²) in [5.74, 6) is 0.268. The predicted octanol–water partition coefficient (Wildman–Crippen LogP) is 0.454. The maximum Gasteiger partial charge on any atom is 0.239 e. The van der Waals surface area contributed by atoms with E-state index in [2.05, 4.69) is 4.90 Å². The van der Waals surface area contributed by atoms with E-state index in [1.165, 1.54) is 19.3 Å². The van der Waals surface area contributed by atoms with Crippen LogP contribution < -0.4 is 0 Å². The Labute approximate surface area is 97.2 Å². The molecule has 1 saturated carbocycles. The van der Waals surface area contributed by atoms with Crippen molar-refractivity contribution in [2.75, 3.05) is 26.7 Å². The molecular weight excluding hydrogens is 204 g/mol. The molecule has 1 N–H and O–H groups in total. The molecule has 1 heterocycles. The summed E-state index contributed by atoms with van der Waals surface area (Å²) >= 11 is 0. The van der Waals surface area contributed by atoms with E-state index in [-0.39, 0.29) is 18.6 Å². The number of hydrogen-bond acceptors (Lipinski definition) is 3. The molecule has 1 unspecified atom stereocenters. The van der Waals surface area contributed by atoms with E-state index in [4.69, 9.17) is 5.11 Å². The topological polar surface area (TPSA) is 43.8 Å². The first-order chi connectivity index (χ1) is 7.74. The zero-order chi connectivity index (χ0) is 11.5. The van der Waals surface area contributed by atoms with Gasteiger partial charge in [0.1, 0.15) is 0 Å². The van der Waals surface area contributed by atoms with E-state index < -0.39 is 0 Å². The fourth-order valence-corrected chi connectivity index (χ4v) is 2.68. The van der Waals surface area contributed by atoms with Crippen molar-refractivity contribution in [1.29, 1.82) is 0 Å². The second kappa shape index (κ2) is 5.15. The lowest BCUT2D eigenvalue weighted by Gasteiger charge is -2.40. The van der Waals surface area contributed by atoms with Gasteiger partial charge in [0.2, 0.25) is 5.91 Å². The predicted molar refractivity (Wildman–Crippen MR) is 62.1 cm³/mol. The smallest absolute Gasteiger partial charge is 0.239 e. The number of aliphatic hydroxyl groups excluding tert-OH is 1. The minimum atomic E-state index is 0.0850. The molecule has 1 aliphatic heterocycles. The number of aliphatic hydroxyl groups is 1. The number of carbonyl (C=O) groups excluding carboxylic acids is 1. The molecule has 2 rings (SSSR count). The monoisotopic (exact) mass is 226 g/mol. The van der Waals surface area contributed by atoms with Crippen LogP contribution in [0.15, 0.2) is 0 Å². The van der Waals surface area contributed by atoms with Crippen molar-refractivity contribution >= 4 is 5.91 Å². The molecule has 0 radical (unpaired) electrons. The lowest BCUT2D eigenvalue weighted by Crippen LogP contribution is -2.50. The molecule has 0 aromatic carbocycles. The molecule has 0 spiro atoms. The summed E-state index contributed by atoms with van der Waals surface area (Å²) in [7, 11) is 1.88. The zero-order valence-electron chi connectivity index (χ0n) is 10.1. The SMILES string of the molecule is CN1CCC(N(CCCO)C2CCC2)C1=O. The van der Waals surface area contributed by atoms with E-state index in [0.717, 1.165) is 25.9 Å². The first-order valence-corrected chi connectivity index (χ1v) is 6.35. The van der Waals surface area contributed by atoms with Crippen molar-refractivity contribution in [1.82, 2.24) is 9.80 Å². The maximum absolute atomic E-state index is 12.0. The van der Waals surface area contributed by atoms with Crippen LogP contribution in [0.4, 0.5) is 0 Å². The van der Waals surface area contributed by atoms with Crippen molar-refractivity contribution in [3.05, 3.63) is 0 Å². The highest BCUT2D eigenvalue weighted by Crippen LogP contribution is 2.29. The van der Waals surface area contributed by atoms with Gasteiger partial charge in [-0.1, -0.05) is 6.42 Å². The summed E-state index contributed by atoms with van der Waals surface area (Å²) in [5.41, 5.74) is 0. The zero-order valence-corrected chi connectivity index (χ0v) is 10.1. The van der Waals surface area contributed by atoms with E-state index in [1.54, 1.807) is 0 Å². The highest BCUT2D eigenvalue weighted by atomic mass is 16.3. The number of hydrogen-bond donors (Lipinski definition) is 1. The Morgan fingerprint density at radius 3 is 2.62 bits per heavy atom. The minimum absolute atomic E-state index is 0.0850. The summed E-state index contributed by atoms with van der Waals surface area (Å²) < 4.78 is 0. The van der Waals surface area contributed by atoms with Crippen LogP contribution in [0.1, 0.15) is 32.1 Å². The lowest BCUT2D eigenvalue weighted by molar-refractivity contribution is -0.132. The number of likely N-dealkylation sites (N-methyl/N-ethyl adjacent to an activating group) is 1. The fourth-order valence-electron chi connectivity index (χ4n) is 2.68. The molecule has 1 amide bonds. The molecule has 16 heavy (non-hydrogen) atoms. The molecule has 1 saturated heterocycles. The normalized spacial score (nSPS) is 26.6. The van der Waals surface area contributed by atoms with Crippen LogP contribution in [0.25, 0.3) is 0 Å². The molecule has 0 bridgehead atoms. The molecule has 0 aromatic heterocycles. The largest absolute Gasteiger partial charge is 0.396 e. The Balaban J connectivity index is 1.97. The Hall–Kier alpha value is -0.610. The van der Waals surface area contributed by atoms with Gasteiger partial charge in [-0.25, -0.2) is 0 Å². The first-order valence-electron chi connectivity index (χ1n) is 6.35. The van der Waals surface area contributed by atoms with Crippen molar-refractivity contribution in [3.8, 4) is 0 Å². The second-order valence-electron chi connectivity index (χ2n) is 4.96. The van der Waals surface area contributed by atoms with Crippen LogP contribution >= 0.6 is 0 Å². The van der Waals surface area contributed by atoms with Gasteiger partial charge in [-0.05, 0) is 25.7 Å². The average Bonchev–Trinajstić information content (AvgIpc) is 2.52. The maximum atomic E-state index is 12.0. The fraction of sp³-hybridized carbons (Fsp3) is 0.917. The van der Waals surface area contributed by atoms with E-state index in [0.29, 0.717) is 6.04 Å². The van der Waals surface area contributed by atoms with Crippen molar-refractivity contribution in [2.45, 2.75) is 44.2 Å². The summed E-state index contributed by atoms with van der Waals surface area (Å²) in [4.78, 5) is 16.1. The van der Waals surface area contributed by atoms with Crippen LogP contribution in [0.3, 0.4) is 0 Å². The molecule has 1 atom stereocenters. The Bertz CT molecular complexity index is 253. The van der Waals surface area contributed by atoms with Gasteiger partial charge >= 0.3 is 0 Å². The third kappa shape index (κ3) is 2.23. The number of likely N-dealkylation sites (tertiary alicyclic amines) is 1. The molecule has 2 aliphatic rings. The molecular formula is C12H22N2O2. The van der Waals surface area contributed by atoms with Gasteiger partial charge in [0.15, 0.2) is 0 Å². The van der Waals surface area contributed by atoms with E-state index >= 15 is 0 Å². The lowest BCUT2D eigenvalue weighted by atomic mass is 9.90. The number of nitrogens with zero attached hydrogens (tertiary/aromatic N) is 2. The first kappa shape index (κ1) is 11.9. The second-order valence-corrected chi connectivity index (χ2v) is 4.96. The standard InChI is InChI=1S/C12H22N2O2/c1-13-8-6-11(12(13)16)14(7-3-9-15)10-4-2-5-10/h10-11,15H,2-9H2,1H3. The third-order valence-corrected chi connectivity index (χ3v) is 3.92. The van der Waals surface area contributed by atoms with E-state index in [9.17, 15) is 4.79 Å². The quantitative estimate of drug-likeness (QED) is 0.740. The van der Waals surface area contributed by atoms with E-state index in [1.807, 2.05) is 11.9 Å². The number of amides is 1. The molecule has 4 nitrogen and oxygen atoms in total. The van der Waals surface area contributed by atoms with Crippen molar-refractivity contribution < 1.29 is 9.90 Å². The summed E-state index contributed by atoms with van der Waals surface area (Å²) in [5, 5.41) is 8.93. The van der Waals surface area contributed by atoms with Crippen LogP contribution in [0.5, 0.6) is 0 Å². The summed E-state index contributed by atoms with van der Waals surface area (Å²) in [6, 6.07) is 0.675. The Morgan fingerprint density at radius 2 is 2.19 bits per heavy atom.